The van der Waals surface area contributed by atoms with Crippen molar-refractivity contribution in [2.45, 2.75) is 46.0 Å². The second-order valence-electron chi connectivity index (χ2n) is 5.78. The summed E-state index contributed by atoms with van der Waals surface area (Å²) < 4.78 is 0. The fraction of sp³-hybridized carbons (Fsp3) is 0.647. The van der Waals surface area contributed by atoms with Crippen LogP contribution in [0.15, 0.2) is 24.4 Å². The van der Waals surface area contributed by atoms with Gasteiger partial charge in [-0.3, -0.25) is 4.98 Å². The molecule has 1 aromatic rings. The molecule has 1 atom stereocenters. The van der Waals surface area contributed by atoms with Gasteiger partial charge < -0.3 is 4.90 Å². The van der Waals surface area contributed by atoms with Crippen molar-refractivity contribution in [2.75, 3.05) is 19.6 Å². The van der Waals surface area contributed by atoms with Gasteiger partial charge in [-0.25, -0.2) is 0 Å². The van der Waals surface area contributed by atoms with Gasteiger partial charge in [-0.05, 0) is 44.0 Å². The summed E-state index contributed by atoms with van der Waals surface area (Å²) in [6.45, 7) is 11.7. The molecule has 3 heteroatoms. The van der Waals surface area contributed by atoms with Crippen molar-refractivity contribution in [2.24, 2.45) is 5.92 Å². The van der Waals surface area contributed by atoms with Crippen molar-refractivity contribution in [3.8, 4) is 6.07 Å². The summed E-state index contributed by atoms with van der Waals surface area (Å²) in [7, 11) is 0. The van der Waals surface area contributed by atoms with E-state index in [1.165, 1.54) is 0 Å². The first-order chi connectivity index (χ1) is 9.57. The SMILES string of the molecule is CCN(CC)CC[C@](C#N)(CC(C)C)c1ccccn1. The molecular weight excluding hydrogens is 246 g/mol. The Morgan fingerprint density at radius 2 is 2.00 bits per heavy atom. The van der Waals surface area contributed by atoms with Crippen molar-refractivity contribution in [3.05, 3.63) is 30.1 Å². The minimum Gasteiger partial charge on any atom is -0.304 e. The van der Waals surface area contributed by atoms with Gasteiger partial charge in [-0.15, -0.1) is 0 Å². The second kappa shape index (κ2) is 8.01. The molecule has 110 valence electrons. The second-order valence-corrected chi connectivity index (χ2v) is 5.78. The molecule has 0 saturated carbocycles. The van der Waals surface area contributed by atoms with Gasteiger partial charge in [0, 0.05) is 12.7 Å². The first kappa shape index (κ1) is 16.7. The highest BCUT2D eigenvalue weighted by Gasteiger charge is 2.34. The molecule has 3 nitrogen and oxygen atoms in total. The molecule has 1 rings (SSSR count). The van der Waals surface area contributed by atoms with E-state index < -0.39 is 5.41 Å². The van der Waals surface area contributed by atoms with E-state index in [2.05, 4.69) is 43.6 Å². The van der Waals surface area contributed by atoms with E-state index in [-0.39, 0.29) is 0 Å². The van der Waals surface area contributed by atoms with Crippen LogP contribution in [0.3, 0.4) is 0 Å². The van der Waals surface area contributed by atoms with E-state index in [9.17, 15) is 5.26 Å². The van der Waals surface area contributed by atoms with Crippen LogP contribution in [0.2, 0.25) is 0 Å². The zero-order chi connectivity index (χ0) is 15.0. The standard InChI is InChI=1S/C17H27N3/c1-5-20(6-2)12-10-17(14-18,13-15(3)4)16-9-7-8-11-19-16/h7-9,11,15H,5-6,10,12-13H2,1-4H3/t17-/m1/s1. The van der Waals surface area contributed by atoms with Crippen molar-refractivity contribution >= 4 is 0 Å². The summed E-state index contributed by atoms with van der Waals surface area (Å²) in [4.78, 5) is 6.83. The highest BCUT2D eigenvalue weighted by molar-refractivity contribution is 5.26. The predicted octanol–water partition coefficient (Wildman–Crippen LogP) is 3.62. The summed E-state index contributed by atoms with van der Waals surface area (Å²) >= 11 is 0. The van der Waals surface area contributed by atoms with Crippen molar-refractivity contribution < 1.29 is 0 Å². The quantitative estimate of drug-likeness (QED) is 0.726. The zero-order valence-corrected chi connectivity index (χ0v) is 13.3. The predicted molar refractivity (Wildman–Crippen MR) is 83.4 cm³/mol. The average Bonchev–Trinajstić information content (AvgIpc) is 2.47. The third-order valence-corrected chi connectivity index (χ3v) is 3.88. The van der Waals surface area contributed by atoms with Crippen LogP contribution < -0.4 is 0 Å². The van der Waals surface area contributed by atoms with E-state index >= 15 is 0 Å². The molecule has 0 amide bonds. The van der Waals surface area contributed by atoms with Gasteiger partial charge in [-0.2, -0.15) is 5.26 Å². The molecule has 0 aromatic carbocycles. The Balaban J connectivity index is 2.98. The fourth-order valence-electron chi connectivity index (χ4n) is 2.73. The first-order valence-electron chi connectivity index (χ1n) is 7.63. The van der Waals surface area contributed by atoms with Crippen LogP contribution in [0.4, 0.5) is 0 Å². The topological polar surface area (TPSA) is 39.9 Å². The lowest BCUT2D eigenvalue weighted by Gasteiger charge is -2.30. The molecule has 1 heterocycles. The maximum atomic E-state index is 9.83. The van der Waals surface area contributed by atoms with Gasteiger partial charge in [0.05, 0.1) is 11.8 Å². The number of rotatable bonds is 8. The van der Waals surface area contributed by atoms with Gasteiger partial charge in [-0.1, -0.05) is 33.8 Å². The molecule has 0 bridgehead atoms. The number of nitriles is 1. The van der Waals surface area contributed by atoms with Crippen molar-refractivity contribution in [1.82, 2.24) is 9.88 Å². The Kier molecular flexibility index (Phi) is 6.67. The maximum Gasteiger partial charge on any atom is 0.101 e. The molecule has 0 aliphatic rings. The van der Waals surface area contributed by atoms with E-state index in [0.717, 1.165) is 38.2 Å². The number of hydrogen-bond donors (Lipinski definition) is 0. The van der Waals surface area contributed by atoms with Crippen LogP contribution >= 0.6 is 0 Å². The number of nitrogens with zero attached hydrogens (tertiary/aromatic N) is 3. The molecule has 0 unspecified atom stereocenters. The van der Waals surface area contributed by atoms with E-state index in [1.807, 2.05) is 18.2 Å². The normalized spacial score (nSPS) is 14.2. The summed E-state index contributed by atoms with van der Waals surface area (Å²) in [5.74, 6) is 0.480. The van der Waals surface area contributed by atoms with Crippen molar-refractivity contribution in [1.29, 1.82) is 5.26 Å². The maximum absolute atomic E-state index is 9.83. The third kappa shape index (κ3) is 4.31. The molecule has 0 spiro atoms. The van der Waals surface area contributed by atoms with Crippen LogP contribution in [0, 0.1) is 17.2 Å². The van der Waals surface area contributed by atoms with Crippen molar-refractivity contribution in [3.63, 3.8) is 0 Å². The molecule has 0 fully saturated rings. The van der Waals surface area contributed by atoms with Crippen LogP contribution in [0.5, 0.6) is 0 Å². The van der Waals surface area contributed by atoms with E-state index in [1.54, 1.807) is 6.20 Å². The van der Waals surface area contributed by atoms with Crippen LogP contribution in [0.25, 0.3) is 0 Å². The lowest BCUT2D eigenvalue weighted by Crippen LogP contribution is -2.34. The monoisotopic (exact) mass is 273 g/mol. The number of aromatic nitrogens is 1. The molecule has 1 aromatic heterocycles. The van der Waals surface area contributed by atoms with E-state index in [0.29, 0.717) is 5.92 Å². The molecule has 0 aliphatic carbocycles. The lowest BCUT2D eigenvalue weighted by atomic mass is 9.75. The summed E-state index contributed by atoms with van der Waals surface area (Å²) in [5.41, 5.74) is 0.459. The van der Waals surface area contributed by atoms with Gasteiger partial charge in [0.15, 0.2) is 0 Å². The highest BCUT2D eigenvalue weighted by Crippen LogP contribution is 2.33. The zero-order valence-electron chi connectivity index (χ0n) is 13.3. The van der Waals surface area contributed by atoms with Gasteiger partial charge in [0.1, 0.15) is 5.41 Å². The van der Waals surface area contributed by atoms with Crippen LogP contribution in [-0.4, -0.2) is 29.5 Å². The largest absolute Gasteiger partial charge is 0.304 e. The summed E-state index contributed by atoms with van der Waals surface area (Å²) in [6, 6.07) is 8.46. The highest BCUT2D eigenvalue weighted by atomic mass is 15.1. The van der Waals surface area contributed by atoms with Crippen LogP contribution in [0.1, 0.15) is 46.2 Å². The third-order valence-electron chi connectivity index (χ3n) is 3.88. The number of hydrogen-bond acceptors (Lipinski definition) is 3. The minimum absolute atomic E-state index is 0.460. The van der Waals surface area contributed by atoms with Gasteiger partial charge in [0.2, 0.25) is 0 Å². The minimum atomic E-state index is -0.460. The van der Waals surface area contributed by atoms with E-state index in [4.69, 9.17) is 0 Å². The molecule has 0 saturated heterocycles. The molecule has 0 aliphatic heterocycles. The fourth-order valence-corrected chi connectivity index (χ4v) is 2.73. The molecule has 0 radical (unpaired) electrons. The Hall–Kier alpha value is -1.40. The number of pyridine rings is 1. The first-order valence-corrected chi connectivity index (χ1v) is 7.63. The van der Waals surface area contributed by atoms with Gasteiger partial charge >= 0.3 is 0 Å². The Bertz CT molecular complexity index is 418. The Morgan fingerprint density at radius 1 is 1.30 bits per heavy atom. The molecular formula is C17H27N3. The van der Waals surface area contributed by atoms with Crippen LogP contribution in [-0.2, 0) is 5.41 Å². The smallest absolute Gasteiger partial charge is 0.101 e. The summed E-state index contributed by atoms with van der Waals surface area (Å²) in [6.07, 6.45) is 3.50. The average molecular weight is 273 g/mol. The van der Waals surface area contributed by atoms with Gasteiger partial charge in [0.25, 0.3) is 0 Å². The molecule has 20 heavy (non-hydrogen) atoms. The molecule has 0 N–H and O–H groups in total. The lowest BCUT2D eigenvalue weighted by molar-refractivity contribution is 0.261. The Morgan fingerprint density at radius 3 is 2.45 bits per heavy atom. The Labute approximate surface area is 123 Å². The summed E-state index contributed by atoms with van der Waals surface area (Å²) in [5, 5.41) is 9.83.